The lowest BCUT2D eigenvalue weighted by Crippen LogP contribution is -2.12. The summed E-state index contributed by atoms with van der Waals surface area (Å²) < 4.78 is 5.17. The second kappa shape index (κ2) is 5.53. The Morgan fingerprint density at radius 1 is 1.47 bits per heavy atom. The van der Waals surface area contributed by atoms with E-state index in [0.29, 0.717) is 17.9 Å². The molecule has 5 heteroatoms. The van der Waals surface area contributed by atoms with Crippen molar-refractivity contribution in [1.82, 2.24) is 10.1 Å². The number of nitriles is 1. The third kappa shape index (κ3) is 2.91. The van der Waals surface area contributed by atoms with E-state index in [-0.39, 0.29) is 5.92 Å². The van der Waals surface area contributed by atoms with Gasteiger partial charge in [0.15, 0.2) is 0 Å². The van der Waals surface area contributed by atoms with Crippen molar-refractivity contribution >= 4 is 5.82 Å². The molecule has 5 nitrogen and oxygen atoms in total. The first-order valence-electron chi connectivity index (χ1n) is 6.14. The SMILES string of the molecule is Cc1noc(C)c1[C@@H](C)CNc1cc(C#N)ccn1. The molecule has 2 aromatic heterocycles. The second-order valence-corrected chi connectivity index (χ2v) is 4.56. The molecular weight excluding hydrogens is 240 g/mol. The van der Waals surface area contributed by atoms with Gasteiger partial charge in [-0.05, 0) is 26.0 Å². The number of nitrogens with one attached hydrogen (secondary N) is 1. The van der Waals surface area contributed by atoms with Crippen LogP contribution in [0.4, 0.5) is 5.82 Å². The zero-order valence-electron chi connectivity index (χ0n) is 11.3. The minimum atomic E-state index is 0.263. The van der Waals surface area contributed by atoms with Crippen LogP contribution in [0.5, 0.6) is 0 Å². The van der Waals surface area contributed by atoms with Crippen LogP contribution in [0.15, 0.2) is 22.9 Å². The van der Waals surface area contributed by atoms with Crippen LogP contribution in [0.3, 0.4) is 0 Å². The topological polar surface area (TPSA) is 74.7 Å². The van der Waals surface area contributed by atoms with Crippen molar-refractivity contribution in [1.29, 1.82) is 5.26 Å². The predicted molar refractivity (Wildman–Crippen MR) is 71.8 cm³/mol. The summed E-state index contributed by atoms with van der Waals surface area (Å²) in [4.78, 5) is 4.18. The van der Waals surface area contributed by atoms with Crippen LogP contribution in [-0.2, 0) is 0 Å². The molecule has 0 spiro atoms. The molecule has 0 aromatic carbocycles. The summed E-state index contributed by atoms with van der Waals surface area (Å²) in [5, 5.41) is 16.0. The maximum absolute atomic E-state index is 8.84. The molecule has 2 aromatic rings. The third-order valence-corrected chi connectivity index (χ3v) is 3.06. The van der Waals surface area contributed by atoms with Crippen molar-refractivity contribution in [3.63, 3.8) is 0 Å². The van der Waals surface area contributed by atoms with E-state index >= 15 is 0 Å². The van der Waals surface area contributed by atoms with Gasteiger partial charge in [-0.3, -0.25) is 0 Å². The van der Waals surface area contributed by atoms with Gasteiger partial charge in [-0.2, -0.15) is 5.26 Å². The zero-order chi connectivity index (χ0) is 13.8. The molecule has 0 bridgehead atoms. The molecule has 0 unspecified atom stereocenters. The van der Waals surface area contributed by atoms with Gasteiger partial charge < -0.3 is 9.84 Å². The Morgan fingerprint density at radius 2 is 2.26 bits per heavy atom. The van der Waals surface area contributed by atoms with Gasteiger partial charge in [0.2, 0.25) is 0 Å². The molecule has 2 rings (SSSR count). The summed E-state index contributed by atoms with van der Waals surface area (Å²) in [6, 6.07) is 5.52. The van der Waals surface area contributed by atoms with Crippen LogP contribution >= 0.6 is 0 Å². The van der Waals surface area contributed by atoms with E-state index in [4.69, 9.17) is 9.78 Å². The molecule has 0 aliphatic heterocycles. The highest BCUT2D eigenvalue weighted by Gasteiger charge is 2.16. The molecule has 98 valence electrons. The summed E-state index contributed by atoms with van der Waals surface area (Å²) >= 11 is 0. The van der Waals surface area contributed by atoms with E-state index in [1.807, 2.05) is 13.8 Å². The Labute approximate surface area is 112 Å². The van der Waals surface area contributed by atoms with Gasteiger partial charge in [-0.1, -0.05) is 12.1 Å². The Morgan fingerprint density at radius 3 is 2.89 bits per heavy atom. The Kier molecular flexibility index (Phi) is 3.81. The lowest BCUT2D eigenvalue weighted by molar-refractivity contribution is 0.391. The first-order valence-corrected chi connectivity index (χ1v) is 6.14. The van der Waals surface area contributed by atoms with Crippen LogP contribution in [-0.4, -0.2) is 16.7 Å². The van der Waals surface area contributed by atoms with Crippen molar-refractivity contribution in [3.05, 3.63) is 40.9 Å². The Balaban J connectivity index is 2.04. The van der Waals surface area contributed by atoms with E-state index < -0.39 is 0 Å². The highest BCUT2D eigenvalue weighted by atomic mass is 16.5. The molecule has 0 amide bonds. The number of pyridine rings is 1. The highest BCUT2D eigenvalue weighted by Crippen LogP contribution is 2.23. The van der Waals surface area contributed by atoms with Crippen LogP contribution in [0.25, 0.3) is 0 Å². The standard InChI is InChI=1S/C14H16N4O/c1-9(14-10(2)18-19-11(14)3)8-17-13-6-12(7-15)4-5-16-13/h4-6,9H,8H2,1-3H3,(H,16,17)/t9-/m0/s1. The van der Waals surface area contributed by atoms with Crippen molar-refractivity contribution in [3.8, 4) is 6.07 Å². The number of aromatic nitrogens is 2. The van der Waals surface area contributed by atoms with Gasteiger partial charge in [0.25, 0.3) is 0 Å². The van der Waals surface area contributed by atoms with Crippen molar-refractivity contribution in [2.24, 2.45) is 0 Å². The van der Waals surface area contributed by atoms with Gasteiger partial charge in [-0.15, -0.1) is 0 Å². The van der Waals surface area contributed by atoms with Gasteiger partial charge in [0, 0.05) is 24.2 Å². The minimum absolute atomic E-state index is 0.263. The maximum Gasteiger partial charge on any atom is 0.137 e. The summed E-state index contributed by atoms with van der Waals surface area (Å²) in [7, 11) is 0. The van der Waals surface area contributed by atoms with Crippen molar-refractivity contribution in [2.75, 3.05) is 11.9 Å². The molecule has 0 fully saturated rings. The van der Waals surface area contributed by atoms with Crippen LogP contribution < -0.4 is 5.32 Å². The van der Waals surface area contributed by atoms with E-state index in [1.165, 1.54) is 0 Å². The third-order valence-electron chi connectivity index (χ3n) is 3.06. The molecule has 0 aliphatic rings. The largest absolute Gasteiger partial charge is 0.369 e. The monoisotopic (exact) mass is 256 g/mol. The average molecular weight is 256 g/mol. The maximum atomic E-state index is 8.84. The van der Waals surface area contributed by atoms with Gasteiger partial charge in [-0.25, -0.2) is 4.98 Å². The average Bonchev–Trinajstić information content (AvgIpc) is 2.76. The van der Waals surface area contributed by atoms with Gasteiger partial charge in [0.1, 0.15) is 11.6 Å². The van der Waals surface area contributed by atoms with Crippen molar-refractivity contribution < 1.29 is 4.52 Å². The first-order chi connectivity index (χ1) is 9.11. The predicted octanol–water partition coefficient (Wildman–Crippen LogP) is 2.77. The normalized spacial score (nSPS) is 11.9. The lowest BCUT2D eigenvalue weighted by Gasteiger charge is -2.12. The summed E-state index contributed by atoms with van der Waals surface area (Å²) in [5.41, 5.74) is 2.65. The van der Waals surface area contributed by atoms with Crippen LogP contribution in [0, 0.1) is 25.2 Å². The number of aryl methyl sites for hydroxylation is 2. The van der Waals surface area contributed by atoms with Crippen LogP contribution in [0.1, 0.15) is 35.4 Å². The van der Waals surface area contributed by atoms with E-state index in [9.17, 15) is 0 Å². The number of hydrogen-bond donors (Lipinski definition) is 1. The highest BCUT2D eigenvalue weighted by molar-refractivity contribution is 5.42. The molecule has 0 saturated carbocycles. The van der Waals surface area contributed by atoms with E-state index in [0.717, 1.165) is 17.0 Å². The molecule has 0 radical (unpaired) electrons. The number of rotatable bonds is 4. The number of hydrogen-bond acceptors (Lipinski definition) is 5. The van der Waals surface area contributed by atoms with Crippen molar-refractivity contribution in [2.45, 2.75) is 26.7 Å². The van der Waals surface area contributed by atoms with Gasteiger partial charge in [0.05, 0.1) is 17.3 Å². The Hall–Kier alpha value is -2.35. The molecule has 0 aliphatic carbocycles. The fraction of sp³-hybridized carbons (Fsp3) is 0.357. The summed E-state index contributed by atoms with van der Waals surface area (Å²) in [5.74, 6) is 1.82. The van der Waals surface area contributed by atoms with E-state index in [2.05, 4.69) is 28.5 Å². The fourth-order valence-electron chi connectivity index (χ4n) is 2.15. The smallest absolute Gasteiger partial charge is 0.137 e. The minimum Gasteiger partial charge on any atom is -0.369 e. The lowest BCUT2D eigenvalue weighted by atomic mass is 9.99. The van der Waals surface area contributed by atoms with Crippen LogP contribution in [0.2, 0.25) is 0 Å². The van der Waals surface area contributed by atoms with E-state index in [1.54, 1.807) is 18.3 Å². The number of nitrogens with zero attached hydrogens (tertiary/aromatic N) is 3. The summed E-state index contributed by atoms with van der Waals surface area (Å²) in [6.07, 6.45) is 1.63. The zero-order valence-corrected chi connectivity index (χ0v) is 11.3. The molecule has 19 heavy (non-hydrogen) atoms. The molecule has 2 heterocycles. The molecular formula is C14H16N4O. The molecule has 1 N–H and O–H groups in total. The quantitative estimate of drug-likeness (QED) is 0.910. The molecule has 1 atom stereocenters. The first kappa shape index (κ1) is 13.1. The van der Waals surface area contributed by atoms with Gasteiger partial charge >= 0.3 is 0 Å². The summed E-state index contributed by atoms with van der Waals surface area (Å²) in [6.45, 7) is 6.68. The second-order valence-electron chi connectivity index (χ2n) is 4.56. The Bertz CT molecular complexity index is 593. The molecule has 0 saturated heterocycles. The fourth-order valence-corrected chi connectivity index (χ4v) is 2.15. The number of anilines is 1.